The SMILES string of the molecule is CCOC(=O)[C@H](Cc1ccccc1)NC(=O)c1cc2c3ccccc3n(Cc3ccccc3)c2cn1.Cl. The Kier molecular flexibility index (Phi) is 8.21. The smallest absolute Gasteiger partial charge is 0.328 e. The predicted octanol–water partition coefficient (Wildman–Crippen LogP) is 5.56. The van der Waals surface area contributed by atoms with Gasteiger partial charge in [-0.1, -0.05) is 78.9 Å². The minimum atomic E-state index is -0.809. The molecule has 1 atom stereocenters. The molecule has 7 heteroatoms. The molecule has 0 fully saturated rings. The van der Waals surface area contributed by atoms with E-state index in [9.17, 15) is 9.59 Å². The van der Waals surface area contributed by atoms with Crippen molar-refractivity contribution in [3.63, 3.8) is 0 Å². The molecule has 0 unspecified atom stereocenters. The molecular formula is C30H28ClN3O3. The Morgan fingerprint density at radius 2 is 1.51 bits per heavy atom. The number of hydrogen-bond acceptors (Lipinski definition) is 4. The van der Waals surface area contributed by atoms with Crippen molar-refractivity contribution in [2.24, 2.45) is 0 Å². The number of aromatic nitrogens is 2. The number of para-hydroxylation sites is 1. The summed E-state index contributed by atoms with van der Waals surface area (Å²) in [6.07, 6.45) is 2.08. The molecule has 2 aromatic heterocycles. The van der Waals surface area contributed by atoms with Gasteiger partial charge < -0.3 is 14.6 Å². The zero-order valence-corrected chi connectivity index (χ0v) is 21.3. The van der Waals surface area contributed by atoms with E-state index in [1.165, 1.54) is 5.56 Å². The van der Waals surface area contributed by atoms with Crippen LogP contribution in [0.25, 0.3) is 21.8 Å². The average Bonchev–Trinajstić information content (AvgIpc) is 3.22. The Hall–Kier alpha value is -4.16. The van der Waals surface area contributed by atoms with Crippen LogP contribution < -0.4 is 5.32 Å². The van der Waals surface area contributed by atoms with Crippen LogP contribution in [0, 0.1) is 0 Å². The summed E-state index contributed by atoms with van der Waals surface area (Å²) < 4.78 is 7.44. The molecule has 5 aromatic rings. The van der Waals surface area contributed by atoms with Crippen molar-refractivity contribution >= 4 is 46.1 Å². The second kappa shape index (κ2) is 11.7. The Labute approximate surface area is 221 Å². The number of pyridine rings is 1. The summed E-state index contributed by atoms with van der Waals surface area (Å²) in [7, 11) is 0. The third-order valence-electron chi connectivity index (χ3n) is 6.23. The van der Waals surface area contributed by atoms with Gasteiger partial charge in [-0.15, -0.1) is 12.4 Å². The molecule has 37 heavy (non-hydrogen) atoms. The fraction of sp³-hybridized carbons (Fsp3) is 0.167. The Balaban J connectivity index is 0.00000320. The molecule has 0 saturated heterocycles. The standard InChI is InChI=1S/C30H27N3O3.ClH/c1-2-36-30(35)26(17-21-11-5-3-6-12-21)32-29(34)25-18-24-23-15-9-10-16-27(23)33(28(24)19-31-25)20-22-13-7-4-8-14-22;/h3-16,18-19,26H,2,17,20H2,1H3,(H,32,34);1H/t26-;/m0./s1. The molecule has 0 saturated carbocycles. The number of benzene rings is 3. The van der Waals surface area contributed by atoms with Gasteiger partial charge in [-0.3, -0.25) is 4.79 Å². The summed E-state index contributed by atoms with van der Waals surface area (Å²) in [5.74, 6) is -0.874. The number of nitrogens with zero attached hydrogens (tertiary/aromatic N) is 2. The van der Waals surface area contributed by atoms with E-state index in [-0.39, 0.29) is 24.7 Å². The number of hydrogen-bond donors (Lipinski definition) is 1. The molecule has 0 radical (unpaired) electrons. The Morgan fingerprint density at radius 1 is 0.865 bits per heavy atom. The number of rotatable bonds is 8. The van der Waals surface area contributed by atoms with Gasteiger partial charge in [0.05, 0.1) is 18.3 Å². The van der Waals surface area contributed by atoms with Crippen molar-refractivity contribution < 1.29 is 14.3 Å². The number of esters is 1. The molecule has 0 aliphatic rings. The number of halogens is 1. The summed E-state index contributed by atoms with van der Waals surface area (Å²) in [6, 6.07) is 28.9. The van der Waals surface area contributed by atoms with Gasteiger partial charge >= 0.3 is 5.97 Å². The lowest BCUT2D eigenvalue weighted by atomic mass is 10.1. The highest BCUT2D eigenvalue weighted by atomic mass is 35.5. The monoisotopic (exact) mass is 513 g/mol. The first-order valence-corrected chi connectivity index (χ1v) is 12.1. The fourth-order valence-corrected chi connectivity index (χ4v) is 4.52. The zero-order valence-electron chi connectivity index (χ0n) is 20.5. The summed E-state index contributed by atoms with van der Waals surface area (Å²) in [6.45, 7) is 2.69. The highest BCUT2D eigenvalue weighted by Gasteiger charge is 2.24. The summed E-state index contributed by atoms with van der Waals surface area (Å²) in [5.41, 5.74) is 4.39. The van der Waals surface area contributed by atoms with Crippen LogP contribution in [0.2, 0.25) is 0 Å². The van der Waals surface area contributed by atoms with E-state index in [1.807, 2.05) is 60.7 Å². The van der Waals surface area contributed by atoms with Crippen molar-refractivity contribution in [1.82, 2.24) is 14.9 Å². The maximum absolute atomic E-state index is 13.2. The number of fused-ring (bicyclic) bond motifs is 3. The molecule has 188 valence electrons. The summed E-state index contributed by atoms with van der Waals surface area (Å²) >= 11 is 0. The zero-order chi connectivity index (χ0) is 24.9. The van der Waals surface area contributed by atoms with Crippen LogP contribution in [0.15, 0.2) is 97.2 Å². The van der Waals surface area contributed by atoms with E-state index < -0.39 is 17.9 Å². The minimum Gasteiger partial charge on any atom is -0.464 e. The molecule has 2 heterocycles. The lowest BCUT2D eigenvalue weighted by Crippen LogP contribution is -2.43. The second-order valence-corrected chi connectivity index (χ2v) is 8.64. The van der Waals surface area contributed by atoms with E-state index in [0.717, 1.165) is 27.4 Å². The quantitative estimate of drug-likeness (QED) is 0.275. The number of ether oxygens (including phenoxy) is 1. The van der Waals surface area contributed by atoms with Crippen LogP contribution in [0.3, 0.4) is 0 Å². The minimum absolute atomic E-state index is 0. The van der Waals surface area contributed by atoms with E-state index in [1.54, 1.807) is 19.2 Å². The third-order valence-corrected chi connectivity index (χ3v) is 6.23. The van der Waals surface area contributed by atoms with Gasteiger partial charge in [0.1, 0.15) is 11.7 Å². The lowest BCUT2D eigenvalue weighted by molar-refractivity contribution is -0.145. The first kappa shape index (κ1) is 25.9. The number of amides is 1. The van der Waals surface area contributed by atoms with Crippen molar-refractivity contribution in [3.8, 4) is 0 Å². The number of carbonyl (C=O) groups excluding carboxylic acids is 2. The first-order chi connectivity index (χ1) is 17.6. The van der Waals surface area contributed by atoms with Crippen LogP contribution in [-0.4, -0.2) is 34.1 Å². The normalized spacial score (nSPS) is 11.6. The van der Waals surface area contributed by atoms with Gasteiger partial charge in [0.25, 0.3) is 5.91 Å². The van der Waals surface area contributed by atoms with E-state index in [4.69, 9.17) is 4.74 Å². The maximum atomic E-state index is 13.2. The van der Waals surface area contributed by atoms with Crippen LogP contribution in [0.4, 0.5) is 0 Å². The molecular weight excluding hydrogens is 486 g/mol. The maximum Gasteiger partial charge on any atom is 0.328 e. The van der Waals surface area contributed by atoms with Crippen LogP contribution >= 0.6 is 12.4 Å². The lowest BCUT2D eigenvalue weighted by Gasteiger charge is -2.17. The molecule has 1 N–H and O–H groups in total. The van der Waals surface area contributed by atoms with E-state index >= 15 is 0 Å². The highest BCUT2D eigenvalue weighted by Crippen LogP contribution is 2.29. The molecule has 3 aromatic carbocycles. The second-order valence-electron chi connectivity index (χ2n) is 8.64. The first-order valence-electron chi connectivity index (χ1n) is 12.1. The highest BCUT2D eigenvalue weighted by molar-refractivity contribution is 6.10. The van der Waals surface area contributed by atoms with Crippen LogP contribution in [0.5, 0.6) is 0 Å². The Morgan fingerprint density at radius 3 is 2.22 bits per heavy atom. The van der Waals surface area contributed by atoms with Crippen LogP contribution in [-0.2, 0) is 22.5 Å². The fourth-order valence-electron chi connectivity index (χ4n) is 4.52. The largest absolute Gasteiger partial charge is 0.464 e. The molecule has 0 bridgehead atoms. The molecule has 1 amide bonds. The Bertz CT molecular complexity index is 1520. The van der Waals surface area contributed by atoms with Gasteiger partial charge in [0.15, 0.2) is 0 Å². The van der Waals surface area contributed by atoms with Gasteiger partial charge in [0.2, 0.25) is 0 Å². The van der Waals surface area contributed by atoms with Gasteiger partial charge in [-0.2, -0.15) is 0 Å². The third kappa shape index (κ3) is 5.65. The van der Waals surface area contributed by atoms with E-state index in [0.29, 0.717) is 13.0 Å². The molecule has 6 nitrogen and oxygen atoms in total. The van der Waals surface area contributed by atoms with Gasteiger partial charge in [-0.05, 0) is 30.2 Å². The van der Waals surface area contributed by atoms with Crippen LogP contribution in [0.1, 0.15) is 28.5 Å². The number of carbonyl (C=O) groups is 2. The van der Waals surface area contributed by atoms with Crippen molar-refractivity contribution in [2.45, 2.75) is 25.9 Å². The van der Waals surface area contributed by atoms with Crippen molar-refractivity contribution in [3.05, 3.63) is 114 Å². The topological polar surface area (TPSA) is 73.2 Å². The van der Waals surface area contributed by atoms with Gasteiger partial charge in [0, 0.05) is 29.3 Å². The van der Waals surface area contributed by atoms with E-state index in [2.05, 4.69) is 39.1 Å². The molecule has 0 aliphatic carbocycles. The molecule has 5 rings (SSSR count). The molecule has 0 spiro atoms. The van der Waals surface area contributed by atoms with Gasteiger partial charge in [-0.25, -0.2) is 9.78 Å². The number of nitrogens with one attached hydrogen (secondary N) is 1. The predicted molar refractivity (Wildman–Crippen MR) is 148 cm³/mol. The average molecular weight is 514 g/mol. The summed E-state index contributed by atoms with van der Waals surface area (Å²) in [5, 5.41) is 4.83. The summed E-state index contributed by atoms with van der Waals surface area (Å²) in [4.78, 5) is 30.3. The van der Waals surface area contributed by atoms with Crippen molar-refractivity contribution in [1.29, 1.82) is 0 Å². The molecule has 0 aliphatic heterocycles. The van der Waals surface area contributed by atoms with Crippen molar-refractivity contribution in [2.75, 3.05) is 6.61 Å².